The van der Waals surface area contributed by atoms with Crippen LogP contribution in [0.4, 0.5) is 0 Å². The highest BCUT2D eigenvalue weighted by atomic mass is 16.2. The fraction of sp³-hybridized carbons (Fsp3) is 0.929. The summed E-state index contributed by atoms with van der Waals surface area (Å²) >= 11 is 0. The van der Waals surface area contributed by atoms with Crippen LogP contribution in [0, 0.1) is 5.92 Å². The summed E-state index contributed by atoms with van der Waals surface area (Å²) in [5.74, 6) is 0.492. The van der Waals surface area contributed by atoms with E-state index in [1.165, 1.54) is 25.7 Å². The van der Waals surface area contributed by atoms with Crippen molar-refractivity contribution < 1.29 is 4.79 Å². The average molecular weight is 240 g/mol. The van der Waals surface area contributed by atoms with Gasteiger partial charge in [0.15, 0.2) is 0 Å². The van der Waals surface area contributed by atoms with Gasteiger partial charge in [-0.3, -0.25) is 4.79 Å². The number of carbonyl (C=O) groups is 1. The second-order valence-electron chi connectivity index (χ2n) is 5.63. The Balaban J connectivity index is 2.50. The molecule has 17 heavy (non-hydrogen) atoms. The fourth-order valence-electron chi connectivity index (χ4n) is 2.59. The molecule has 1 rings (SSSR count). The van der Waals surface area contributed by atoms with Crippen LogP contribution in [0.15, 0.2) is 0 Å². The van der Waals surface area contributed by atoms with Gasteiger partial charge in [0.1, 0.15) is 0 Å². The molecule has 1 amide bonds. The van der Waals surface area contributed by atoms with Crippen molar-refractivity contribution in [3.8, 4) is 0 Å². The third-order valence-electron chi connectivity index (χ3n) is 4.13. The third-order valence-corrected chi connectivity index (χ3v) is 4.13. The molecule has 1 atom stereocenters. The minimum Gasteiger partial charge on any atom is -0.351 e. The van der Waals surface area contributed by atoms with Gasteiger partial charge in [-0.15, -0.1) is 0 Å². The molecule has 1 saturated carbocycles. The van der Waals surface area contributed by atoms with Crippen molar-refractivity contribution in [3.63, 3.8) is 0 Å². The zero-order valence-corrected chi connectivity index (χ0v) is 11.4. The van der Waals surface area contributed by atoms with Gasteiger partial charge in [-0.25, -0.2) is 0 Å². The van der Waals surface area contributed by atoms with E-state index in [0.29, 0.717) is 6.54 Å². The predicted molar refractivity (Wildman–Crippen MR) is 71.7 cm³/mol. The van der Waals surface area contributed by atoms with Crippen LogP contribution in [0.2, 0.25) is 0 Å². The number of rotatable bonds is 5. The van der Waals surface area contributed by atoms with Gasteiger partial charge in [0.2, 0.25) is 5.91 Å². The van der Waals surface area contributed by atoms with Crippen molar-refractivity contribution in [2.75, 3.05) is 6.54 Å². The van der Waals surface area contributed by atoms with E-state index in [1.807, 2.05) is 0 Å². The number of hydrogen-bond donors (Lipinski definition) is 2. The maximum absolute atomic E-state index is 12.2. The van der Waals surface area contributed by atoms with Gasteiger partial charge < -0.3 is 11.1 Å². The molecule has 0 aliphatic heterocycles. The van der Waals surface area contributed by atoms with E-state index >= 15 is 0 Å². The Morgan fingerprint density at radius 2 is 1.88 bits per heavy atom. The van der Waals surface area contributed by atoms with E-state index in [1.54, 1.807) is 0 Å². The summed E-state index contributed by atoms with van der Waals surface area (Å²) in [5, 5.41) is 3.22. The molecule has 0 spiro atoms. The van der Waals surface area contributed by atoms with Crippen molar-refractivity contribution in [1.82, 2.24) is 5.32 Å². The molecule has 1 aliphatic rings. The lowest BCUT2D eigenvalue weighted by molar-refractivity contribution is -0.127. The van der Waals surface area contributed by atoms with Gasteiger partial charge in [0, 0.05) is 11.5 Å². The molecule has 0 radical (unpaired) electrons. The first-order valence-corrected chi connectivity index (χ1v) is 7.13. The molecular formula is C14H28N2O. The van der Waals surface area contributed by atoms with Crippen LogP contribution in [0.1, 0.15) is 65.2 Å². The topological polar surface area (TPSA) is 55.1 Å². The van der Waals surface area contributed by atoms with Crippen LogP contribution < -0.4 is 11.1 Å². The van der Waals surface area contributed by atoms with Crippen LogP contribution >= 0.6 is 0 Å². The SMILES string of the molecule is CCC(C)(CCN)NC(=O)C1CCCCCC1. The number of nitrogens with two attached hydrogens (primary N) is 1. The Labute approximate surface area is 106 Å². The second-order valence-corrected chi connectivity index (χ2v) is 5.63. The molecule has 0 heterocycles. The van der Waals surface area contributed by atoms with E-state index in [0.717, 1.165) is 25.7 Å². The van der Waals surface area contributed by atoms with Crippen LogP contribution in [0.3, 0.4) is 0 Å². The molecule has 0 aromatic carbocycles. The summed E-state index contributed by atoms with van der Waals surface area (Å²) in [6, 6.07) is 0. The summed E-state index contributed by atoms with van der Waals surface area (Å²) in [6.45, 7) is 4.85. The average Bonchev–Trinajstić information content (AvgIpc) is 2.57. The monoisotopic (exact) mass is 240 g/mol. The summed E-state index contributed by atoms with van der Waals surface area (Å²) in [7, 11) is 0. The lowest BCUT2D eigenvalue weighted by Crippen LogP contribution is -2.49. The third kappa shape index (κ3) is 4.66. The van der Waals surface area contributed by atoms with Gasteiger partial charge in [-0.05, 0) is 39.2 Å². The van der Waals surface area contributed by atoms with E-state index in [9.17, 15) is 4.79 Å². The summed E-state index contributed by atoms with van der Waals surface area (Å²) < 4.78 is 0. The first-order chi connectivity index (χ1) is 8.11. The van der Waals surface area contributed by atoms with Crippen molar-refractivity contribution >= 4 is 5.91 Å². The van der Waals surface area contributed by atoms with Crippen LogP contribution in [0.5, 0.6) is 0 Å². The van der Waals surface area contributed by atoms with Gasteiger partial charge in [-0.1, -0.05) is 32.6 Å². The first-order valence-electron chi connectivity index (χ1n) is 7.13. The van der Waals surface area contributed by atoms with Crippen LogP contribution in [-0.4, -0.2) is 18.0 Å². The molecule has 3 N–H and O–H groups in total. The number of amides is 1. The zero-order chi connectivity index (χ0) is 12.7. The number of carbonyl (C=O) groups excluding carboxylic acids is 1. The van der Waals surface area contributed by atoms with E-state index < -0.39 is 0 Å². The fourth-order valence-corrected chi connectivity index (χ4v) is 2.59. The lowest BCUT2D eigenvalue weighted by Gasteiger charge is -2.31. The quantitative estimate of drug-likeness (QED) is 0.726. The smallest absolute Gasteiger partial charge is 0.223 e. The zero-order valence-electron chi connectivity index (χ0n) is 11.4. The Morgan fingerprint density at radius 1 is 1.29 bits per heavy atom. The Kier molecular flexibility index (Phi) is 5.96. The number of nitrogens with one attached hydrogen (secondary N) is 1. The molecular weight excluding hydrogens is 212 g/mol. The van der Waals surface area contributed by atoms with E-state index in [4.69, 9.17) is 5.73 Å². The van der Waals surface area contributed by atoms with Crippen molar-refractivity contribution in [3.05, 3.63) is 0 Å². The molecule has 0 aromatic rings. The van der Waals surface area contributed by atoms with Crippen LogP contribution in [-0.2, 0) is 4.79 Å². The Bertz CT molecular complexity index is 234. The van der Waals surface area contributed by atoms with Gasteiger partial charge in [-0.2, -0.15) is 0 Å². The highest BCUT2D eigenvalue weighted by Crippen LogP contribution is 2.24. The van der Waals surface area contributed by atoms with Gasteiger partial charge >= 0.3 is 0 Å². The Morgan fingerprint density at radius 3 is 2.35 bits per heavy atom. The summed E-state index contributed by atoms with van der Waals surface area (Å²) in [5.41, 5.74) is 5.51. The molecule has 1 aliphatic carbocycles. The second kappa shape index (κ2) is 7.00. The number of hydrogen-bond acceptors (Lipinski definition) is 2. The Hall–Kier alpha value is -0.570. The van der Waals surface area contributed by atoms with Crippen molar-refractivity contribution in [2.45, 2.75) is 70.8 Å². The standard InChI is InChI=1S/C14H28N2O/c1-3-14(2,10-11-15)16-13(17)12-8-6-4-5-7-9-12/h12H,3-11,15H2,1-2H3,(H,16,17). The van der Waals surface area contributed by atoms with Crippen LogP contribution in [0.25, 0.3) is 0 Å². The summed E-state index contributed by atoms with van der Waals surface area (Å²) in [4.78, 5) is 12.2. The van der Waals surface area contributed by atoms with Crippen molar-refractivity contribution in [2.24, 2.45) is 11.7 Å². The van der Waals surface area contributed by atoms with Crippen molar-refractivity contribution in [1.29, 1.82) is 0 Å². The molecule has 100 valence electrons. The van der Waals surface area contributed by atoms with E-state index in [2.05, 4.69) is 19.2 Å². The minimum atomic E-state index is -0.113. The molecule has 1 fully saturated rings. The van der Waals surface area contributed by atoms with Gasteiger partial charge in [0.05, 0.1) is 0 Å². The summed E-state index contributed by atoms with van der Waals surface area (Å²) in [6.07, 6.45) is 8.93. The maximum Gasteiger partial charge on any atom is 0.223 e. The molecule has 3 heteroatoms. The highest BCUT2D eigenvalue weighted by Gasteiger charge is 2.27. The maximum atomic E-state index is 12.2. The molecule has 1 unspecified atom stereocenters. The normalized spacial score (nSPS) is 21.6. The lowest BCUT2D eigenvalue weighted by atomic mass is 9.91. The molecule has 0 saturated heterocycles. The minimum absolute atomic E-state index is 0.113. The molecule has 0 bridgehead atoms. The first kappa shape index (κ1) is 14.5. The molecule has 0 aromatic heterocycles. The van der Waals surface area contributed by atoms with Gasteiger partial charge in [0.25, 0.3) is 0 Å². The van der Waals surface area contributed by atoms with E-state index in [-0.39, 0.29) is 17.4 Å². The largest absolute Gasteiger partial charge is 0.351 e. The highest BCUT2D eigenvalue weighted by molar-refractivity contribution is 5.79. The molecule has 3 nitrogen and oxygen atoms in total. The predicted octanol–water partition coefficient (Wildman–Crippen LogP) is 2.59.